The molecule has 1 aliphatic rings. The molecule has 0 saturated carbocycles. The van der Waals surface area contributed by atoms with E-state index in [-0.39, 0.29) is 18.2 Å². The largest absolute Gasteiger partial charge is 0.373 e. The minimum Gasteiger partial charge on any atom is -0.373 e. The van der Waals surface area contributed by atoms with Crippen LogP contribution in [0.4, 0.5) is 11.4 Å². The van der Waals surface area contributed by atoms with Gasteiger partial charge in [0.1, 0.15) is 6.04 Å². The van der Waals surface area contributed by atoms with Gasteiger partial charge in [-0.2, -0.15) is 5.26 Å². The average molecular weight is 326 g/mol. The van der Waals surface area contributed by atoms with Crippen LogP contribution in [0.5, 0.6) is 0 Å². The van der Waals surface area contributed by atoms with Crippen LogP contribution in [0.25, 0.3) is 0 Å². The van der Waals surface area contributed by atoms with E-state index in [1.165, 1.54) is 0 Å². The Hall–Kier alpha value is -2.84. The summed E-state index contributed by atoms with van der Waals surface area (Å²) in [5.74, 6) is -0.664. The first-order valence-corrected chi connectivity index (χ1v) is 7.36. The molecule has 1 N–H and O–H groups in total. The van der Waals surface area contributed by atoms with E-state index in [0.29, 0.717) is 22.0 Å². The number of rotatable bonds is 3. The van der Waals surface area contributed by atoms with E-state index in [4.69, 9.17) is 16.9 Å². The van der Waals surface area contributed by atoms with Crippen LogP contribution >= 0.6 is 11.6 Å². The van der Waals surface area contributed by atoms with Gasteiger partial charge in [-0.3, -0.25) is 9.59 Å². The fourth-order valence-corrected chi connectivity index (χ4v) is 2.73. The number of nitrogens with zero attached hydrogens (tertiary/aromatic N) is 2. The van der Waals surface area contributed by atoms with Crippen molar-refractivity contribution in [3.8, 4) is 6.07 Å². The quantitative estimate of drug-likeness (QED) is 0.880. The summed E-state index contributed by atoms with van der Waals surface area (Å²) in [5.41, 5.74) is 1.49. The molecule has 0 bridgehead atoms. The zero-order valence-corrected chi connectivity index (χ0v) is 12.7. The summed E-state index contributed by atoms with van der Waals surface area (Å²) < 4.78 is 0. The first-order chi connectivity index (χ1) is 11.1. The van der Waals surface area contributed by atoms with Gasteiger partial charge < -0.3 is 5.32 Å². The Kier molecular flexibility index (Phi) is 4.00. The molecular formula is C17H12ClN3O2. The molecule has 2 amide bonds. The minimum atomic E-state index is -0.673. The maximum absolute atomic E-state index is 12.5. The Morgan fingerprint density at radius 1 is 1.17 bits per heavy atom. The molecule has 0 aliphatic carbocycles. The van der Waals surface area contributed by atoms with E-state index in [2.05, 4.69) is 5.32 Å². The van der Waals surface area contributed by atoms with Crippen LogP contribution < -0.4 is 10.2 Å². The van der Waals surface area contributed by atoms with Gasteiger partial charge in [0, 0.05) is 5.69 Å². The number of nitriles is 1. The second-order valence-corrected chi connectivity index (χ2v) is 5.52. The molecule has 0 radical (unpaired) electrons. The first-order valence-electron chi connectivity index (χ1n) is 6.98. The molecule has 114 valence electrons. The fourth-order valence-electron chi connectivity index (χ4n) is 2.51. The molecule has 3 rings (SSSR count). The van der Waals surface area contributed by atoms with Gasteiger partial charge in [-0.25, -0.2) is 4.90 Å². The summed E-state index contributed by atoms with van der Waals surface area (Å²) in [5, 5.41) is 12.3. The SMILES string of the molecule is N#Cc1cccc(NC2CC(=O)N(c3ccccc3Cl)C2=O)c1. The summed E-state index contributed by atoms with van der Waals surface area (Å²) in [6, 6.07) is 14.9. The standard InChI is InChI=1S/C17H12ClN3O2/c18-13-6-1-2-7-15(13)21-16(22)9-14(17(21)23)20-12-5-3-4-11(8-12)10-19/h1-8,14,20H,9H2. The van der Waals surface area contributed by atoms with E-state index in [0.717, 1.165) is 4.90 Å². The molecule has 1 saturated heterocycles. The minimum absolute atomic E-state index is 0.0425. The van der Waals surface area contributed by atoms with Crippen molar-refractivity contribution >= 4 is 34.8 Å². The maximum Gasteiger partial charge on any atom is 0.256 e. The van der Waals surface area contributed by atoms with Crippen LogP contribution in [0.3, 0.4) is 0 Å². The molecule has 1 heterocycles. The number of anilines is 2. The normalized spacial score (nSPS) is 17.2. The summed E-state index contributed by atoms with van der Waals surface area (Å²) in [6.07, 6.45) is 0.0425. The Balaban J connectivity index is 1.84. The average Bonchev–Trinajstić information content (AvgIpc) is 2.82. The summed E-state index contributed by atoms with van der Waals surface area (Å²) in [6.45, 7) is 0. The summed E-state index contributed by atoms with van der Waals surface area (Å²) >= 11 is 6.08. The van der Waals surface area contributed by atoms with E-state index >= 15 is 0 Å². The number of amides is 2. The van der Waals surface area contributed by atoms with Crippen molar-refractivity contribution in [1.82, 2.24) is 0 Å². The van der Waals surface area contributed by atoms with Gasteiger partial charge in [0.25, 0.3) is 5.91 Å². The molecule has 1 aliphatic heterocycles. The van der Waals surface area contributed by atoms with Gasteiger partial charge in [-0.05, 0) is 30.3 Å². The smallest absolute Gasteiger partial charge is 0.256 e. The highest BCUT2D eigenvalue weighted by Gasteiger charge is 2.40. The molecule has 5 nitrogen and oxygen atoms in total. The monoisotopic (exact) mass is 325 g/mol. The zero-order valence-electron chi connectivity index (χ0n) is 12.0. The molecule has 0 aromatic heterocycles. The van der Waals surface area contributed by atoms with Gasteiger partial charge in [0.15, 0.2) is 0 Å². The predicted molar refractivity (Wildman–Crippen MR) is 87.1 cm³/mol. The van der Waals surface area contributed by atoms with Crippen molar-refractivity contribution in [2.24, 2.45) is 0 Å². The lowest BCUT2D eigenvalue weighted by molar-refractivity contribution is -0.121. The van der Waals surface area contributed by atoms with E-state index in [1.54, 1.807) is 48.5 Å². The van der Waals surface area contributed by atoms with E-state index in [9.17, 15) is 9.59 Å². The highest BCUT2D eigenvalue weighted by molar-refractivity contribution is 6.36. The third kappa shape index (κ3) is 2.89. The Bertz CT molecular complexity index is 829. The lowest BCUT2D eigenvalue weighted by atomic mass is 10.2. The van der Waals surface area contributed by atoms with Crippen LogP contribution in [0, 0.1) is 11.3 Å². The number of benzene rings is 2. The Labute approximate surface area is 138 Å². The summed E-state index contributed by atoms with van der Waals surface area (Å²) in [7, 11) is 0. The van der Waals surface area contributed by atoms with Gasteiger partial charge in [0.05, 0.1) is 28.8 Å². The number of nitrogens with one attached hydrogen (secondary N) is 1. The van der Waals surface area contributed by atoms with Crippen LogP contribution in [-0.4, -0.2) is 17.9 Å². The molecule has 0 spiro atoms. The maximum atomic E-state index is 12.5. The van der Waals surface area contributed by atoms with Crippen molar-refractivity contribution in [2.75, 3.05) is 10.2 Å². The van der Waals surface area contributed by atoms with E-state index in [1.807, 2.05) is 6.07 Å². The fraction of sp³-hybridized carbons (Fsp3) is 0.118. The highest BCUT2D eigenvalue weighted by atomic mass is 35.5. The van der Waals surface area contributed by atoms with Crippen molar-refractivity contribution in [3.05, 3.63) is 59.1 Å². The predicted octanol–water partition coefficient (Wildman–Crippen LogP) is 2.96. The first kappa shape index (κ1) is 15.1. The topological polar surface area (TPSA) is 73.2 Å². The second kappa shape index (κ2) is 6.11. The van der Waals surface area contributed by atoms with Crippen LogP contribution in [0.15, 0.2) is 48.5 Å². The van der Waals surface area contributed by atoms with Crippen molar-refractivity contribution in [2.45, 2.75) is 12.5 Å². The van der Waals surface area contributed by atoms with Gasteiger partial charge in [0.2, 0.25) is 5.91 Å². The molecule has 23 heavy (non-hydrogen) atoms. The number of hydrogen-bond acceptors (Lipinski definition) is 4. The third-order valence-corrected chi connectivity index (χ3v) is 3.89. The molecule has 1 unspecified atom stereocenters. The lowest BCUT2D eigenvalue weighted by Gasteiger charge is -2.17. The van der Waals surface area contributed by atoms with Crippen LogP contribution in [-0.2, 0) is 9.59 Å². The Morgan fingerprint density at radius 2 is 1.96 bits per heavy atom. The molecular weight excluding hydrogens is 314 g/mol. The van der Waals surface area contributed by atoms with Crippen LogP contribution in [0.1, 0.15) is 12.0 Å². The van der Waals surface area contributed by atoms with Crippen molar-refractivity contribution < 1.29 is 9.59 Å². The Morgan fingerprint density at radius 3 is 2.70 bits per heavy atom. The number of para-hydroxylation sites is 1. The number of halogens is 1. The number of carbonyl (C=O) groups excluding carboxylic acids is 2. The third-order valence-electron chi connectivity index (χ3n) is 3.57. The molecule has 6 heteroatoms. The van der Waals surface area contributed by atoms with Gasteiger partial charge in [-0.15, -0.1) is 0 Å². The molecule has 1 fully saturated rings. The number of hydrogen-bond donors (Lipinski definition) is 1. The second-order valence-electron chi connectivity index (χ2n) is 5.11. The number of carbonyl (C=O) groups is 2. The lowest BCUT2D eigenvalue weighted by Crippen LogP contribution is -2.35. The summed E-state index contributed by atoms with van der Waals surface area (Å²) in [4.78, 5) is 25.9. The molecule has 2 aromatic carbocycles. The molecule has 2 aromatic rings. The highest BCUT2D eigenvalue weighted by Crippen LogP contribution is 2.30. The van der Waals surface area contributed by atoms with Crippen LogP contribution in [0.2, 0.25) is 5.02 Å². The number of imide groups is 1. The van der Waals surface area contributed by atoms with Gasteiger partial charge in [-0.1, -0.05) is 29.8 Å². The van der Waals surface area contributed by atoms with Crippen molar-refractivity contribution in [3.63, 3.8) is 0 Å². The van der Waals surface area contributed by atoms with Crippen molar-refractivity contribution in [1.29, 1.82) is 5.26 Å². The molecule has 1 atom stereocenters. The van der Waals surface area contributed by atoms with Gasteiger partial charge >= 0.3 is 0 Å². The van der Waals surface area contributed by atoms with E-state index < -0.39 is 6.04 Å². The zero-order chi connectivity index (χ0) is 16.4.